The quantitative estimate of drug-likeness (QED) is 0.370. The monoisotopic (exact) mass is 455 g/mol. The van der Waals surface area contributed by atoms with Crippen molar-refractivity contribution in [3.05, 3.63) is 60.1 Å². The fourth-order valence-corrected chi connectivity index (χ4v) is 2.35. The van der Waals surface area contributed by atoms with Gasteiger partial charge in [0, 0.05) is 22.7 Å². The Morgan fingerprint density at radius 3 is 2.50 bits per heavy atom. The van der Waals surface area contributed by atoms with Crippen LogP contribution in [0.1, 0.15) is 0 Å². The zero-order valence-corrected chi connectivity index (χ0v) is 13.3. The molecule has 0 N–H and O–H groups in total. The van der Waals surface area contributed by atoms with Crippen molar-refractivity contribution in [1.82, 2.24) is 0 Å². The van der Waals surface area contributed by atoms with Crippen LogP contribution in [0.15, 0.2) is 34.8 Å². The van der Waals surface area contributed by atoms with Gasteiger partial charge in [0.05, 0.1) is 8.49 Å². The normalized spacial score (nSPS) is 10.4. The fourth-order valence-electron chi connectivity index (χ4n) is 1.46. The second-order valence-electron chi connectivity index (χ2n) is 3.70. The van der Waals surface area contributed by atoms with Crippen LogP contribution in [0, 0.1) is 25.3 Å². The number of rotatable bonds is 3. The Balaban J connectivity index is 2.47. The Bertz CT molecular complexity index is 676. The molecule has 0 saturated heterocycles. The highest BCUT2D eigenvalue weighted by molar-refractivity contribution is 14.1. The third-order valence-electron chi connectivity index (χ3n) is 2.26. The summed E-state index contributed by atoms with van der Waals surface area (Å²) in [4.78, 5) is 10.2. The number of nitrogens with zero attached hydrogens (tertiary/aromatic N) is 1. The molecule has 0 aliphatic carbocycles. The zero-order chi connectivity index (χ0) is 14.9. The molecule has 0 amide bonds. The average molecular weight is 456 g/mol. The molecule has 0 aliphatic heterocycles. The summed E-state index contributed by atoms with van der Waals surface area (Å²) in [7, 11) is 0. The number of benzene rings is 2. The fraction of sp³-hybridized carbons (Fsp3) is 0. The molecule has 0 bridgehead atoms. The third-order valence-corrected chi connectivity index (χ3v) is 3.55. The van der Waals surface area contributed by atoms with Crippen LogP contribution in [0.4, 0.5) is 14.5 Å². The first-order valence-corrected chi connectivity index (χ1v) is 7.01. The topological polar surface area (TPSA) is 52.4 Å². The molecule has 104 valence electrons. The van der Waals surface area contributed by atoms with Crippen LogP contribution in [0.25, 0.3) is 0 Å². The van der Waals surface area contributed by atoms with Crippen LogP contribution >= 0.6 is 38.5 Å². The second-order valence-corrected chi connectivity index (χ2v) is 5.78. The minimum Gasteiger partial charge on any atom is -0.450 e. The first-order chi connectivity index (χ1) is 9.36. The van der Waals surface area contributed by atoms with E-state index in [1.54, 1.807) is 22.6 Å². The summed E-state index contributed by atoms with van der Waals surface area (Å²) in [6, 6.07) is 5.63. The van der Waals surface area contributed by atoms with Crippen molar-refractivity contribution >= 4 is 44.2 Å². The number of nitro groups is 1. The molecular formula is C12H5BrF2INO3. The summed E-state index contributed by atoms with van der Waals surface area (Å²) in [5.41, 5.74) is -0.392. The van der Waals surface area contributed by atoms with E-state index in [1.165, 1.54) is 12.1 Å². The lowest BCUT2D eigenvalue weighted by Crippen LogP contribution is -1.96. The zero-order valence-electron chi connectivity index (χ0n) is 9.57. The van der Waals surface area contributed by atoms with E-state index in [2.05, 4.69) is 15.9 Å². The highest BCUT2D eigenvalue weighted by atomic mass is 127. The lowest BCUT2D eigenvalue weighted by atomic mass is 10.3. The highest BCUT2D eigenvalue weighted by Gasteiger charge is 2.20. The smallest absolute Gasteiger partial charge is 0.312 e. The van der Waals surface area contributed by atoms with Crippen LogP contribution in [0.5, 0.6) is 11.5 Å². The molecular weight excluding hydrogens is 451 g/mol. The van der Waals surface area contributed by atoms with Crippen molar-refractivity contribution in [2.45, 2.75) is 0 Å². The van der Waals surface area contributed by atoms with Crippen molar-refractivity contribution in [3.8, 4) is 11.5 Å². The van der Waals surface area contributed by atoms with Gasteiger partial charge in [0.1, 0.15) is 17.4 Å². The highest BCUT2D eigenvalue weighted by Crippen LogP contribution is 2.35. The van der Waals surface area contributed by atoms with Gasteiger partial charge in [-0.25, -0.2) is 8.78 Å². The predicted molar refractivity (Wildman–Crippen MR) is 79.9 cm³/mol. The van der Waals surface area contributed by atoms with Gasteiger partial charge in [0.15, 0.2) is 0 Å². The lowest BCUT2D eigenvalue weighted by Gasteiger charge is -2.08. The molecule has 8 heteroatoms. The maximum Gasteiger partial charge on any atom is 0.312 e. The Kier molecular flexibility index (Phi) is 4.53. The summed E-state index contributed by atoms with van der Waals surface area (Å²) >= 11 is 4.71. The lowest BCUT2D eigenvalue weighted by molar-refractivity contribution is -0.385. The summed E-state index contributed by atoms with van der Waals surface area (Å²) in [6.45, 7) is 0. The van der Waals surface area contributed by atoms with Crippen LogP contribution < -0.4 is 4.74 Å². The average Bonchev–Trinajstić information content (AvgIpc) is 2.31. The molecule has 0 aromatic heterocycles. The Labute approximate surface area is 134 Å². The van der Waals surface area contributed by atoms with E-state index in [4.69, 9.17) is 4.74 Å². The molecule has 0 spiro atoms. The molecule has 0 unspecified atom stereocenters. The van der Waals surface area contributed by atoms with Crippen LogP contribution in [-0.4, -0.2) is 4.92 Å². The minimum absolute atomic E-state index is 0.0283. The van der Waals surface area contributed by atoms with E-state index in [9.17, 15) is 18.9 Å². The van der Waals surface area contributed by atoms with Gasteiger partial charge in [-0.2, -0.15) is 0 Å². The standard InChI is InChI=1S/C12H5BrF2INO3/c13-6-1-7(14)3-8(2-6)20-12-4-9(15)10(16)5-11(12)17(18)19/h1-5H. The van der Waals surface area contributed by atoms with E-state index in [0.29, 0.717) is 4.47 Å². The second kappa shape index (κ2) is 6.00. The Morgan fingerprint density at radius 2 is 1.90 bits per heavy atom. The summed E-state index contributed by atoms with van der Waals surface area (Å²) in [5, 5.41) is 10.9. The molecule has 2 aromatic carbocycles. The molecule has 4 nitrogen and oxygen atoms in total. The first-order valence-electron chi connectivity index (χ1n) is 5.14. The van der Waals surface area contributed by atoms with Crippen LogP contribution in [0.3, 0.4) is 0 Å². The predicted octanol–water partition coefficient (Wildman–Crippen LogP) is 5.03. The largest absolute Gasteiger partial charge is 0.450 e. The minimum atomic E-state index is -0.689. The van der Waals surface area contributed by atoms with Crippen molar-refractivity contribution in [3.63, 3.8) is 0 Å². The molecule has 0 fully saturated rings. The van der Waals surface area contributed by atoms with E-state index >= 15 is 0 Å². The van der Waals surface area contributed by atoms with E-state index in [-0.39, 0.29) is 15.1 Å². The molecule has 0 saturated carbocycles. The van der Waals surface area contributed by atoms with Gasteiger partial charge in [0.2, 0.25) is 5.75 Å². The van der Waals surface area contributed by atoms with Crippen LogP contribution in [0.2, 0.25) is 0 Å². The maximum absolute atomic E-state index is 13.5. The van der Waals surface area contributed by atoms with Crippen molar-refractivity contribution in [2.75, 3.05) is 0 Å². The number of hydrogen-bond acceptors (Lipinski definition) is 3. The maximum atomic E-state index is 13.5. The SMILES string of the molecule is O=[N+]([O-])c1cc(I)c(F)cc1Oc1cc(F)cc(Br)c1. The molecule has 2 rings (SSSR count). The third kappa shape index (κ3) is 3.42. The summed E-state index contributed by atoms with van der Waals surface area (Å²) in [5.74, 6) is -1.49. The number of hydrogen-bond donors (Lipinski definition) is 0. The molecule has 0 aliphatic rings. The molecule has 0 heterocycles. The summed E-state index contributed by atoms with van der Waals surface area (Å²) in [6.07, 6.45) is 0. The van der Waals surface area contributed by atoms with Gasteiger partial charge in [0.25, 0.3) is 0 Å². The van der Waals surface area contributed by atoms with Crippen molar-refractivity contribution in [2.24, 2.45) is 0 Å². The van der Waals surface area contributed by atoms with Crippen molar-refractivity contribution < 1.29 is 18.4 Å². The van der Waals surface area contributed by atoms with Crippen LogP contribution in [-0.2, 0) is 0 Å². The molecule has 20 heavy (non-hydrogen) atoms. The van der Waals surface area contributed by atoms with E-state index in [1.807, 2.05) is 0 Å². The Hall–Kier alpha value is -1.29. The van der Waals surface area contributed by atoms with E-state index in [0.717, 1.165) is 18.2 Å². The number of halogens is 4. The van der Waals surface area contributed by atoms with Gasteiger partial charge in [-0.15, -0.1) is 0 Å². The number of nitro benzene ring substituents is 1. The molecule has 0 radical (unpaired) electrons. The summed E-state index contributed by atoms with van der Waals surface area (Å²) < 4.78 is 32.4. The van der Waals surface area contributed by atoms with Gasteiger partial charge in [-0.05, 0) is 34.7 Å². The van der Waals surface area contributed by atoms with Gasteiger partial charge < -0.3 is 4.74 Å². The number of ether oxygens (including phenoxy) is 1. The first kappa shape index (κ1) is 15.1. The van der Waals surface area contributed by atoms with Gasteiger partial charge >= 0.3 is 5.69 Å². The molecule has 2 aromatic rings. The van der Waals surface area contributed by atoms with Gasteiger partial charge in [-0.3, -0.25) is 10.1 Å². The van der Waals surface area contributed by atoms with E-state index < -0.39 is 22.2 Å². The van der Waals surface area contributed by atoms with Crippen molar-refractivity contribution in [1.29, 1.82) is 0 Å². The molecule has 0 atom stereocenters. The Morgan fingerprint density at radius 1 is 1.20 bits per heavy atom. The van der Waals surface area contributed by atoms with Gasteiger partial charge in [-0.1, -0.05) is 15.9 Å².